The fraction of sp³-hybridized carbons (Fsp3) is 0.250. The number of rotatable bonds is 3. The highest BCUT2D eigenvalue weighted by Gasteiger charge is 2.43. The first kappa shape index (κ1) is 12.3. The number of Topliss-reactive ketones (excluding diaryl/α,β-unsaturated/α-hetero) is 1. The van der Waals surface area contributed by atoms with Gasteiger partial charge in [0.25, 0.3) is 0 Å². The van der Waals surface area contributed by atoms with Crippen molar-refractivity contribution in [1.82, 2.24) is 0 Å². The third-order valence-electron chi connectivity index (χ3n) is 3.36. The number of hydrogen-bond donors (Lipinski definition) is 0. The minimum atomic E-state index is -0.935. The van der Waals surface area contributed by atoms with Crippen LogP contribution in [-0.4, -0.2) is 5.78 Å². The molecule has 0 spiro atoms. The van der Waals surface area contributed by atoms with Gasteiger partial charge in [-0.1, -0.05) is 43.0 Å². The van der Waals surface area contributed by atoms with Crippen LogP contribution in [0.5, 0.6) is 0 Å². The molecule has 0 heterocycles. The second-order valence-corrected chi connectivity index (χ2v) is 4.79. The number of nitrogens with zero attached hydrogens (tertiary/aromatic N) is 1. The smallest absolute Gasteiger partial charge is 0.183 e. The first-order chi connectivity index (χ1) is 8.59. The lowest BCUT2D eigenvalue weighted by Gasteiger charge is -2.19. The average Bonchev–Trinajstić information content (AvgIpc) is 2.69. The molecule has 2 heteroatoms. The second kappa shape index (κ2) is 4.62. The normalized spacial score (nSPS) is 22.4. The van der Waals surface area contributed by atoms with Gasteiger partial charge in [0, 0.05) is 5.57 Å². The third kappa shape index (κ3) is 2.00. The zero-order chi connectivity index (χ0) is 13.2. The molecule has 0 saturated heterocycles. The second-order valence-electron chi connectivity index (χ2n) is 4.79. The first-order valence-corrected chi connectivity index (χ1v) is 5.95. The number of ketones is 1. The first-order valence-electron chi connectivity index (χ1n) is 5.95. The highest BCUT2D eigenvalue weighted by molar-refractivity contribution is 6.07. The van der Waals surface area contributed by atoms with Crippen LogP contribution in [0.3, 0.4) is 0 Å². The van der Waals surface area contributed by atoms with Crippen molar-refractivity contribution in [3.8, 4) is 6.07 Å². The van der Waals surface area contributed by atoms with Gasteiger partial charge in [0.2, 0.25) is 0 Å². The van der Waals surface area contributed by atoms with E-state index in [2.05, 4.69) is 12.6 Å². The van der Waals surface area contributed by atoms with Gasteiger partial charge in [0.1, 0.15) is 5.41 Å². The summed E-state index contributed by atoms with van der Waals surface area (Å²) in [5.41, 5.74) is 1.44. The number of allylic oxidation sites excluding steroid dienone is 3. The molecule has 1 aromatic rings. The molecule has 0 aromatic heterocycles. The van der Waals surface area contributed by atoms with Crippen molar-refractivity contribution in [2.24, 2.45) is 5.41 Å². The molecule has 1 aliphatic carbocycles. The van der Waals surface area contributed by atoms with Gasteiger partial charge in [0.05, 0.1) is 6.07 Å². The molecule has 2 nitrogen and oxygen atoms in total. The van der Waals surface area contributed by atoms with Crippen molar-refractivity contribution in [3.63, 3.8) is 0 Å². The summed E-state index contributed by atoms with van der Waals surface area (Å²) in [6, 6.07) is 11.9. The molecule has 0 amide bonds. The maximum atomic E-state index is 12.4. The Morgan fingerprint density at radius 1 is 1.44 bits per heavy atom. The van der Waals surface area contributed by atoms with Crippen LogP contribution in [0.4, 0.5) is 0 Å². The Kier molecular flexibility index (Phi) is 3.16. The van der Waals surface area contributed by atoms with E-state index in [9.17, 15) is 10.1 Å². The van der Waals surface area contributed by atoms with Gasteiger partial charge in [-0.2, -0.15) is 5.26 Å². The van der Waals surface area contributed by atoms with Crippen molar-refractivity contribution >= 4 is 5.78 Å². The van der Waals surface area contributed by atoms with Crippen LogP contribution in [0.2, 0.25) is 0 Å². The molecule has 0 aliphatic heterocycles. The highest BCUT2D eigenvalue weighted by atomic mass is 16.1. The van der Waals surface area contributed by atoms with Gasteiger partial charge in [-0.15, -0.1) is 0 Å². The standard InChI is InChI=1S/C16H15NO/c1-12(2)14-8-9-16(11-17,15(14)18)10-13-6-4-3-5-7-13/h3-8H,1,9-10H2,2H3. The maximum absolute atomic E-state index is 12.4. The maximum Gasteiger partial charge on any atom is 0.183 e. The lowest BCUT2D eigenvalue weighted by molar-refractivity contribution is -0.120. The summed E-state index contributed by atoms with van der Waals surface area (Å²) < 4.78 is 0. The zero-order valence-electron chi connectivity index (χ0n) is 10.4. The van der Waals surface area contributed by atoms with Crippen LogP contribution in [0.1, 0.15) is 18.9 Å². The van der Waals surface area contributed by atoms with Gasteiger partial charge in [-0.05, 0) is 30.9 Å². The van der Waals surface area contributed by atoms with Gasteiger partial charge in [-0.25, -0.2) is 0 Å². The molecular weight excluding hydrogens is 222 g/mol. The molecule has 90 valence electrons. The van der Waals surface area contributed by atoms with Crippen LogP contribution in [0.15, 0.2) is 54.1 Å². The van der Waals surface area contributed by atoms with Crippen molar-refractivity contribution < 1.29 is 4.79 Å². The molecule has 0 fully saturated rings. The van der Waals surface area contributed by atoms with Crippen molar-refractivity contribution in [1.29, 1.82) is 5.26 Å². The van der Waals surface area contributed by atoms with Crippen molar-refractivity contribution in [2.75, 3.05) is 0 Å². The number of nitriles is 1. The Labute approximate surface area is 107 Å². The molecule has 1 unspecified atom stereocenters. The number of hydrogen-bond acceptors (Lipinski definition) is 2. The third-order valence-corrected chi connectivity index (χ3v) is 3.36. The lowest BCUT2D eigenvalue weighted by atomic mass is 9.78. The molecule has 1 atom stereocenters. The largest absolute Gasteiger partial charge is 0.292 e. The summed E-state index contributed by atoms with van der Waals surface area (Å²) in [5, 5.41) is 9.41. The van der Waals surface area contributed by atoms with Crippen LogP contribution >= 0.6 is 0 Å². The Morgan fingerprint density at radius 2 is 2.11 bits per heavy atom. The van der Waals surface area contributed by atoms with E-state index < -0.39 is 5.41 Å². The van der Waals surface area contributed by atoms with Gasteiger partial charge in [-0.3, -0.25) is 4.79 Å². The Hall–Kier alpha value is -2.14. The monoisotopic (exact) mass is 237 g/mol. The van der Waals surface area contributed by atoms with Gasteiger partial charge in [0.15, 0.2) is 5.78 Å². The fourth-order valence-electron chi connectivity index (χ4n) is 2.32. The molecule has 18 heavy (non-hydrogen) atoms. The molecule has 1 aromatic carbocycles. The van der Waals surface area contributed by atoms with E-state index in [1.807, 2.05) is 36.4 Å². The minimum Gasteiger partial charge on any atom is -0.292 e. The van der Waals surface area contributed by atoms with Gasteiger partial charge < -0.3 is 0 Å². The summed E-state index contributed by atoms with van der Waals surface area (Å²) >= 11 is 0. The van der Waals surface area contributed by atoms with Crippen molar-refractivity contribution in [2.45, 2.75) is 19.8 Å². The highest BCUT2D eigenvalue weighted by Crippen LogP contribution is 2.38. The summed E-state index contributed by atoms with van der Waals surface area (Å²) in [6.07, 6.45) is 2.80. The van der Waals surface area contributed by atoms with Gasteiger partial charge >= 0.3 is 0 Å². The molecule has 0 saturated carbocycles. The summed E-state index contributed by atoms with van der Waals surface area (Å²) in [6.45, 7) is 5.60. The van der Waals surface area contributed by atoms with E-state index in [0.29, 0.717) is 18.4 Å². The predicted molar refractivity (Wildman–Crippen MR) is 70.7 cm³/mol. The van der Waals surface area contributed by atoms with E-state index in [1.165, 1.54) is 0 Å². The zero-order valence-corrected chi connectivity index (χ0v) is 10.4. The van der Waals surface area contributed by atoms with Crippen LogP contribution in [0.25, 0.3) is 0 Å². The average molecular weight is 237 g/mol. The van der Waals surface area contributed by atoms with Crippen molar-refractivity contribution in [3.05, 3.63) is 59.7 Å². The van der Waals surface area contributed by atoms with E-state index in [-0.39, 0.29) is 5.78 Å². The topological polar surface area (TPSA) is 40.9 Å². The Morgan fingerprint density at radius 3 is 2.61 bits per heavy atom. The fourth-order valence-corrected chi connectivity index (χ4v) is 2.32. The van der Waals surface area contributed by atoms with E-state index in [4.69, 9.17) is 0 Å². The number of benzene rings is 1. The summed E-state index contributed by atoms with van der Waals surface area (Å²) in [7, 11) is 0. The quantitative estimate of drug-likeness (QED) is 0.809. The molecule has 2 rings (SSSR count). The van der Waals surface area contributed by atoms with E-state index in [1.54, 1.807) is 6.92 Å². The Bertz CT molecular complexity index is 563. The van der Waals surface area contributed by atoms with Crippen LogP contribution in [0, 0.1) is 16.7 Å². The van der Waals surface area contributed by atoms with E-state index >= 15 is 0 Å². The predicted octanol–water partition coefficient (Wildman–Crippen LogP) is 3.21. The summed E-state index contributed by atoms with van der Waals surface area (Å²) in [4.78, 5) is 12.4. The summed E-state index contributed by atoms with van der Waals surface area (Å²) in [5.74, 6) is -0.0821. The van der Waals surface area contributed by atoms with Crippen LogP contribution < -0.4 is 0 Å². The van der Waals surface area contributed by atoms with E-state index in [0.717, 1.165) is 11.1 Å². The molecular formula is C16H15NO. The molecule has 0 radical (unpaired) electrons. The van der Waals surface area contributed by atoms with Crippen LogP contribution in [-0.2, 0) is 11.2 Å². The SMILES string of the molecule is C=C(C)C1=CCC(C#N)(Cc2ccccc2)C1=O. The lowest BCUT2D eigenvalue weighted by Crippen LogP contribution is -2.28. The minimum absolute atomic E-state index is 0.0821. The number of carbonyl (C=O) groups is 1. The Balaban J connectivity index is 2.29. The molecule has 0 bridgehead atoms. The molecule has 1 aliphatic rings. The molecule has 0 N–H and O–H groups in total. The number of carbonyl (C=O) groups excluding carboxylic acids is 1.